The van der Waals surface area contributed by atoms with Gasteiger partial charge in [0.05, 0.1) is 27.0 Å². The van der Waals surface area contributed by atoms with E-state index in [-0.39, 0.29) is 11.7 Å². The molecule has 132 valence electrons. The van der Waals surface area contributed by atoms with Crippen LogP contribution in [0, 0.1) is 5.92 Å². The van der Waals surface area contributed by atoms with Crippen LogP contribution in [0.3, 0.4) is 0 Å². The first kappa shape index (κ1) is 17.2. The van der Waals surface area contributed by atoms with Crippen LogP contribution in [0.1, 0.15) is 30.9 Å². The zero-order valence-corrected chi connectivity index (χ0v) is 14.6. The highest BCUT2D eigenvalue weighted by Crippen LogP contribution is 2.40. The highest BCUT2D eigenvalue weighted by molar-refractivity contribution is 5.99. The number of esters is 1. The van der Waals surface area contributed by atoms with Gasteiger partial charge in [-0.3, -0.25) is 14.6 Å². The number of hydrogen-bond donors (Lipinski definition) is 0. The Balaban J connectivity index is 2.03. The van der Waals surface area contributed by atoms with Crippen molar-refractivity contribution in [1.29, 1.82) is 0 Å². The monoisotopic (exact) mass is 343 g/mol. The fraction of sp³-hybridized carbons (Fsp3) is 0.421. The van der Waals surface area contributed by atoms with Crippen molar-refractivity contribution in [2.75, 3.05) is 21.3 Å². The van der Waals surface area contributed by atoms with Gasteiger partial charge in [0.25, 0.3) is 0 Å². The van der Waals surface area contributed by atoms with E-state index >= 15 is 0 Å². The third-order valence-electron chi connectivity index (χ3n) is 4.82. The standard InChI is InChI=1S/C19H21NO5/c1-23-16-9-11-6-7-20-18(13(11)10-17(16)24-2)12-4-5-15(21)14(8-12)19(22)25-3/h6-7,9-10,12,14H,4-5,8H2,1-3H3. The summed E-state index contributed by atoms with van der Waals surface area (Å²) in [6.45, 7) is 0. The lowest BCUT2D eigenvalue weighted by Gasteiger charge is -2.27. The maximum Gasteiger partial charge on any atom is 0.316 e. The van der Waals surface area contributed by atoms with E-state index in [9.17, 15) is 9.59 Å². The quantitative estimate of drug-likeness (QED) is 0.628. The molecule has 1 fully saturated rings. The van der Waals surface area contributed by atoms with E-state index in [1.165, 1.54) is 7.11 Å². The molecule has 1 aromatic carbocycles. The first-order valence-corrected chi connectivity index (χ1v) is 8.20. The van der Waals surface area contributed by atoms with Crippen molar-refractivity contribution in [2.24, 2.45) is 5.92 Å². The summed E-state index contributed by atoms with van der Waals surface area (Å²) >= 11 is 0. The van der Waals surface area contributed by atoms with Gasteiger partial charge in [0.1, 0.15) is 11.7 Å². The summed E-state index contributed by atoms with van der Waals surface area (Å²) in [5.41, 5.74) is 0.875. The van der Waals surface area contributed by atoms with Crippen molar-refractivity contribution >= 4 is 22.5 Å². The topological polar surface area (TPSA) is 74.7 Å². The summed E-state index contributed by atoms with van der Waals surface area (Å²) in [5, 5.41) is 1.93. The Bertz CT molecular complexity index is 809. The van der Waals surface area contributed by atoms with Gasteiger partial charge in [-0.25, -0.2) is 0 Å². The van der Waals surface area contributed by atoms with E-state index in [4.69, 9.17) is 14.2 Å². The average molecular weight is 343 g/mol. The summed E-state index contributed by atoms with van der Waals surface area (Å²) in [5.74, 6) is 0.0698. The first-order valence-electron chi connectivity index (χ1n) is 8.20. The van der Waals surface area contributed by atoms with Crippen molar-refractivity contribution in [1.82, 2.24) is 4.98 Å². The number of rotatable bonds is 4. The van der Waals surface area contributed by atoms with Crippen molar-refractivity contribution in [3.8, 4) is 11.5 Å². The number of carbonyl (C=O) groups excluding carboxylic acids is 2. The van der Waals surface area contributed by atoms with Crippen LogP contribution in [0.2, 0.25) is 0 Å². The Morgan fingerprint density at radius 1 is 1.16 bits per heavy atom. The predicted molar refractivity (Wildman–Crippen MR) is 92.0 cm³/mol. The number of fused-ring (bicyclic) bond motifs is 1. The number of pyridine rings is 1. The van der Waals surface area contributed by atoms with Gasteiger partial charge in [0.2, 0.25) is 0 Å². The van der Waals surface area contributed by atoms with Gasteiger partial charge in [0, 0.05) is 23.9 Å². The molecule has 3 rings (SSSR count). The maximum atomic E-state index is 12.1. The molecular weight excluding hydrogens is 322 g/mol. The zero-order chi connectivity index (χ0) is 18.0. The van der Waals surface area contributed by atoms with Gasteiger partial charge in [-0.1, -0.05) is 0 Å². The Labute approximate surface area is 146 Å². The molecule has 0 aliphatic heterocycles. The molecule has 1 heterocycles. The molecule has 2 unspecified atom stereocenters. The number of aromatic nitrogens is 1. The zero-order valence-electron chi connectivity index (χ0n) is 14.6. The fourth-order valence-electron chi connectivity index (χ4n) is 3.49. The van der Waals surface area contributed by atoms with Crippen LogP contribution in [0.4, 0.5) is 0 Å². The van der Waals surface area contributed by atoms with E-state index in [1.54, 1.807) is 20.4 Å². The molecule has 2 aromatic rings. The largest absolute Gasteiger partial charge is 0.493 e. The second-order valence-corrected chi connectivity index (χ2v) is 6.14. The normalized spacial score (nSPS) is 20.4. The van der Waals surface area contributed by atoms with Crippen molar-refractivity contribution in [2.45, 2.75) is 25.2 Å². The fourth-order valence-corrected chi connectivity index (χ4v) is 3.49. The molecule has 1 aliphatic carbocycles. The number of methoxy groups -OCH3 is 3. The molecule has 0 saturated heterocycles. The Morgan fingerprint density at radius 2 is 1.88 bits per heavy atom. The molecule has 0 spiro atoms. The molecule has 0 N–H and O–H groups in total. The molecule has 1 aliphatic rings. The number of Topliss-reactive ketones (excluding diaryl/α,β-unsaturated/α-hetero) is 1. The lowest BCUT2D eigenvalue weighted by Crippen LogP contribution is -2.31. The van der Waals surface area contributed by atoms with Crippen LogP contribution < -0.4 is 9.47 Å². The molecule has 2 atom stereocenters. The van der Waals surface area contributed by atoms with Crippen LogP contribution >= 0.6 is 0 Å². The second kappa shape index (κ2) is 7.09. The molecule has 6 heteroatoms. The summed E-state index contributed by atoms with van der Waals surface area (Å²) < 4.78 is 15.5. The summed E-state index contributed by atoms with van der Waals surface area (Å²) in [6, 6.07) is 5.72. The number of carbonyl (C=O) groups is 2. The molecule has 0 radical (unpaired) electrons. The van der Waals surface area contributed by atoms with Gasteiger partial charge >= 0.3 is 5.97 Å². The van der Waals surface area contributed by atoms with Gasteiger partial charge < -0.3 is 14.2 Å². The number of benzene rings is 1. The minimum absolute atomic E-state index is 0.0172. The lowest BCUT2D eigenvalue weighted by molar-refractivity contribution is -0.150. The molecule has 25 heavy (non-hydrogen) atoms. The maximum absolute atomic E-state index is 12.1. The number of ketones is 1. The summed E-state index contributed by atoms with van der Waals surface area (Å²) in [7, 11) is 4.50. The SMILES string of the molecule is COC(=O)C1CC(c2nccc3cc(OC)c(OC)cc23)CCC1=O. The van der Waals surface area contributed by atoms with Crippen LogP contribution in [0.25, 0.3) is 10.8 Å². The third-order valence-corrected chi connectivity index (χ3v) is 4.82. The Morgan fingerprint density at radius 3 is 2.56 bits per heavy atom. The summed E-state index contributed by atoms with van der Waals surface area (Å²) in [6.07, 6.45) is 3.20. The van der Waals surface area contributed by atoms with Crippen molar-refractivity contribution < 1.29 is 23.8 Å². The summed E-state index contributed by atoms with van der Waals surface area (Å²) in [4.78, 5) is 28.5. The molecule has 1 aromatic heterocycles. The average Bonchev–Trinajstić information content (AvgIpc) is 2.66. The van der Waals surface area contributed by atoms with E-state index in [1.807, 2.05) is 18.2 Å². The molecule has 0 amide bonds. The smallest absolute Gasteiger partial charge is 0.316 e. The highest BCUT2D eigenvalue weighted by atomic mass is 16.5. The lowest BCUT2D eigenvalue weighted by atomic mass is 9.78. The number of nitrogens with zero attached hydrogens (tertiary/aromatic N) is 1. The van der Waals surface area contributed by atoms with E-state index in [2.05, 4.69) is 4.98 Å². The van der Waals surface area contributed by atoms with Gasteiger partial charge in [0.15, 0.2) is 11.5 Å². The minimum Gasteiger partial charge on any atom is -0.493 e. The molecule has 0 bridgehead atoms. The van der Waals surface area contributed by atoms with Crippen molar-refractivity contribution in [3.05, 3.63) is 30.1 Å². The molecule has 1 saturated carbocycles. The van der Waals surface area contributed by atoms with Gasteiger partial charge in [-0.15, -0.1) is 0 Å². The Hall–Kier alpha value is -2.63. The number of hydrogen-bond acceptors (Lipinski definition) is 6. The Kier molecular flexibility index (Phi) is 4.88. The number of ether oxygens (including phenoxy) is 3. The van der Waals surface area contributed by atoms with Crippen LogP contribution in [-0.2, 0) is 14.3 Å². The molecule has 6 nitrogen and oxygen atoms in total. The second-order valence-electron chi connectivity index (χ2n) is 6.14. The van der Waals surface area contributed by atoms with Crippen LogP contribution in [-0.4, -0.2) is 38.1 Å². The van der Waals surface area contributed by atoms with Gasteiger partial charge in [-0.2, -0.15) is 0 Å². The first-order chi connectivity index (χ1) is 12.1. The third kappa shape index (κ3) is 3.16. The van der Waals surface area contributed by atoms with Crippen LogP contribution in [0.15, 0.2) is 24.4 Å². The highest BCUT2D eigenvalue weighted by Gasteiger charge is 2.36. The minimum atomic E-state index is -0.707. The van der Waals surface area contributed by atoms with Gasteiger partial charge in [-0.05, 0) is 36.4 Å². The van der Waals surface area contributed by atoms with E-state index in [0.29, 0.717) is 30.8 Å². The van der Waals surface area contributed by atoms with Crippen LogP contribution in [0.5, 0.6) is 11.5 Å². The van der Waals surface area contributed by atoms with E-state index in [0.717, 1.165) is 16.5 Å². The molecular formula is C19H21NO5. The van der Waals surface area contributed by atoms with Crippen molar-refractivity contribution in [3.63, 3.8) is 0 Å². The predicted octanol–water partition coefficient (Wildman–Crippen LogP) is 2.88. The van der Waals surface area contributed by atoms with E-state index < -0.39 is 11.9 Å².